The van der Waals surface area contributed by atoms with Crippen LogP contribution in [0.3, 0.4) is 0 Å². The summed E-state index contributed by atoms with van der Waals surface area (Å²) in [6, 6.07) is 0. The van der Waals surface area contributed by atoms with Gasteiger partial charge in [0.1, 0.15) is 11.4 Å². The fourth-order valence-electron chi connectivity index (χ4n) is 2.31. The fraction of sp³-hybridized carbons (Fsp3) is 0.500. The number of anilines is 1. The van der Waals surface area contributed by atoms with E-state index in [0.717, 1.165) is 6.20 Å². The largest absolute Gasteiger partial charge is 0.477 e. The summed E-state index contributed by atoms with van der Waals surface area (Å²) in [4.78, 5) is 36.0. The van der Waals surface area contributed by atoms with Crippen LogP contribution in [0.5, 0.6) is 0 Å². The van der Waals surface area contributed by atoms with Gasteiger partial charge >= 0.3 is 11.9 Å². The first kappa shape index (κ1) is 15.0. The second kappa shape index (κ2) is 5.92. The molecule has 2 N–H and O–H groups in total. The maximum Gasteiger partial charge on any atom is 0.341 e. The van der Waals surface area contributed by atoms with Crippen molar-refractivity contribution in [2.45, 2.75) is 13.0 Å². The van der Waals surface area contributed by atoms with Crippen LogP contribution in [-0.2, 0) is 20.9 Å². The lowest BCUT2D eigenvalue weighted by Gasteiger charge is -2.18. The highest BCUT2D eigenvalue weighted by Crippen LogP contribution is 2.28. The van der Waals surface area contributed by atoms with Crippen LogP contribution in [0.2, 0.25) is 0 Å². The molecule has 0 bridgehead atoms. The van der Waals surface area contributed by atoms with Crippen molar-refractivity contribution in [3.8, 4) is 0 Å². The second-order valence-electron chi connectivity index (χ2n) is 4.56. The van der Waals surface area contributed by atoms with E-state index in [1.54, 1.807) is 0 Å². The molecule has 0 aliphatic carbocycles. The van der Waals surface area contributed by atoms with Crippen LogP contribution >= 0.6 is 0 Å². The van der Waals surface area contributed by atoms with E-state index in [1.165, 1.54) is 16.7 Å². The molecular formula is C12H15N3O6. The molecule has 2 heterocycles. The summed E-state index contributed by atoms with van der Waals surface area (Å²) < 4.78 is 5.84. The number of rotatable bonds is 5. The Hall–Kier alpha value is -2.42. The number of carbonyl (C=O) groups excluding carboxylic acids is 2. The first-order valence-corrected chi connectivity index (χ1v) is 6.27. The van der Waals surface area contributed by atoms with Gasteiger partial charge in [-0.3, -0.25) is 14.5 Å². The van der Waals surface area contributed by atoms with Crippen molar-refractivity contribution in [1.29, 1.82) is 0 Å². The van der Waals surface area contributed by atoms with Gasteiger partial charge in [-0.2, -0.15) is 5.10 Å². The van der Waals surface area contributed by atoms with Crippen LogP contribution in [0.25, 0.3) is 0 Å². The number of hydrogen-bond donors (Lipinski definition) is 2. The zero-order chi connectivity index (χ0) is 15.6. The Kier molecular flexibility index (Phi) is 4.22. The molecule has 21 heavy (non-hydrogen) atoms. The highest BCUT2D eigenvalue weighted by atomic mass is 16.5. The number of aromatic carboxylic acids is 1. The number of esters is 1. The van der Waals surface area contributed by atoms with E-state index >= 15 is 0 Å². The van der Waals surface area contributed by atoms with Crippen LogP contribution < -0.4 is 4.90 Å². The van der Waals surface area contributed by atoms with Crippen molar-refractivity contribution in [2.24, 2.45) is 5.92 Å². The number of carbonyl (C=O) groups is 3. The molecule has 2 rings (SSSR count). The van der Waals surface area contributed by atoms with Gasteiger partial charge < -0.3 is 14.9 Å². The number of aliphatic hydroxyl groups excluding tert-OH is 1. The summed E-state index contributed by atoms with van der Waals surface area (Å²) in [7, 11) is 1.23. The van der Waals surface area contributed by atoms with E-state index in [-0.39, 0.29) is 43.4 Å². The normalized spacial score (nSPS) is 18.1. The summed E-state index contributed by atoms with van der Waals surface area (Å²) in [6.45, 7) is -0.172. The predicted octanol–water partition coefficient (Wildman–Crippen LogP) is -0.900. The van der Waals surface area contributed by atoms with Gasteiger partial charge in [0.25, 0.3) is 0 Å². The first-order chi connectivity index (χ1) is 9.99. The van der Waals surface area contributed by atoms with Crippen molar-refractivity contribution < 1.29 is 29.3 Å². The SMILES string of the molecule is COC(=O)C1CC(=O)N(c2c(C(=O)O)cnn2CCO)C1. The lowest BCUT2D eigenvalue weighted by atomic mass is 10.1. The van der Waals surface area contributed by atoms with E-state index < -0.39 is 17.9 Å². The van der Waals surface area contributed by atoms with Gasteiger partial charge in [0, 0.05) is 13.0 Å². The molecule has 114 valence electrons. The topological polar surface area (TPSA) is 122 Å². The molecule has 1 aliphatic rings. The molecule has 1 fully saturated rings. The van der Waals surface area contributed by atoms with Crippen LogP contribution in [0.1, 0.15) is 16.8 Å². The standard InChI is InChI=1S/C12H15N3O6/c1-21-12(20)7-4-9(17)14(6-7)10-8(11(18)19)5-13-15(10)2-3-16/h5,7,16H,2-4,6H2,1H3,(H,18,19). The third-order valence-corrected chi connectivity index (χ3v) is 3.27. The van der Waals surface area contributed by atoms with E-state index in [0.29, 0.717) is 0 Å². The van der Waals surface area contributed by atoms with Crippen molar-refractivity contribution >= 4 is 23.7 Å². The van der Waals surface area contributed by atoms with Gasteiger partial charge in [-0.15, -0.1) is 0 Å². The molecule has 1 aromatic heterocycles. The monoisotopic (exact) mass is 297 g/mol. The molecule has 1 saturated heterocycles. The van der Waals surface area contributed by atoms with Crippen molar-refractivity contribution in [1.82, 2.24) is 9.78 Å². The van der Waals surface area contributed by atoms with Crippen molar-refractivity contribution in [2.75, 3.05) is 25.2 Å². The fourth-order valence-corrected chi connectivity index (χ4v) is 2.31. The number of ether oxygens (including phenoxy) is 1. The second-order valence-corrected chi connectivity index (χ2v) is 4.56. The van der Waals surface area contributed by atoms with E-state index in [2.05, 4.69) is 9.84 Å². The molecule has 1 atom stereocenters. The number of nitrogens with zero attached hydrogens (tertiary/aromatic N) is 3. The number of carboxylic acid groups (broad SMARTS) is 1. The lowest BCUT2D eigenvalue weighted by Crippen LogP contribution is -2.30. The van der Waals surface area contributed by atoms with E-state index in [4.69, 9.17) is 10.2 Å². The zero-order valence-corrected chi connectivity index (χ0v) is 11.4. The van der Waals surface area contributed by atoms with E-state index in [1.807, 2.05) is 0 Å². The Morgan fingerprint density at radius 1 is 1.52 bits per heavy atom. The summed E-state index contributed by atoms with van der Waals surface area (Å²) in [5.41, 5.74) is -0.151. The molecular weight excluding hydrogens is 282 g/mol. The number of amides is 1. The Balaban J connectivity index is 2.36. The Morgan fingerprint density at radius 2 is 2.24 bits per heavy atom. The summed E-state index contributed by atoms with van der Waals surface area (Å²) in [5, 5.41) is 22.0. The van der Waals surface area contributed by atoms with Gasteiger partial charge in [-0.1, -0.05) is 0 Å². The van der Waals surface area contributed by atoms with Crippen LogP contribution in [0.15, 0.2) is 6.20 Å². The van der Waals surface area contributed by atoms with Gasteiger partial charge in [0.15, 0.2) is 0 Å². The number of hydrogen-bond acceptors (Lipinski definition) is 6. The smallest absolute Gasteiger partial charge is 0.341 e. The molecule has 0 aromatic carbocycles. The average molecular weight is 297 g/mol. The molecule has 1 aromatic rings. The third-order valence-electron chi connectivity index (χ3n) is 3.27. The summed E-state index contributed by atoms with van der Waals surface area (Å²) in [5.74, 6) is -2.69. The average Bonchev–Trinajstić information content (AvgIpc) is 3.02. The quantitative estimate of drug-likeness (QED) is 0.675. The minimum absolute atomic E-state index is 0.0307. The van der Waals surface area contributed by atoms with Crippen molar-refractivity contribution in [3.05, 3.63) is 11.8 Å². The molecule has 9 heteroatoms. The highest BCUT2D eigenvalue weighted by molar-refractivity contribution is 6.03. The minimum atomic E-state index is -1.23. The van der Waals surface area contributed by atoms with Crippen molar-refractivity contribution in [3.63, 3.8) is 0 Å². The van der Waals surface area contributed by atoms with Gasteiger partial charge in [-0.25, -0.2) is 9.48 Å². The summed E-state index contributed by atoms with van der Waals surface area (Å²) >= 11 is 0. The maximum atomic E-state index is 12.1. The first-order valence-electron chi connectivity index (χ1n) is 6.27. The molecule has 0 spiro atoms. The summed E-state index contributed by atoms with van der Waals surface area (Å²) in [6.07, 6.45) is 1.07. The van der Waals surface area contributed by atoms with Crippen LogP contribution in [-0.4, -0.2) is 58.1 Å². The molecule has 0 radical (unpaired) electrons. The molecule has 1 aliphatic heterocycles. The lowest BCUT2D eigenvalue weighted by molar-refractivity contribution is -0.145. The third kappa shape index (κ3) is 2.72. The molecule has 1 amide bonds. The number of aromatic nitrogens is 2. The predicted molar refractivity (Wildman–Crippen MR) is 68.7 cm³/mol. The Morgan fingerprint density at radius 3 is 2.81 bits per heavy atom. The minimum Gasteiger partial charge on any atom is -0.477 e. The maximum absolute atomic E-state index is 12.1. The molecule has 9 nitrogen and oxygen atoms in total. The zero-order valence-electron chi connectivity index (χ0n) is 11.4. The van der Waals surface area contributed by atoms with Gasteiger partial charge in [-0.05, 0) is 0 Å². The number of aliphatic hydroxyl groups is 1. The van der Waals surface area contributed by atoms with Gasteiger partial charge in [0.05, 0.1) is 32.4 Å². The Labute approximate surface area is 119 Å². The van der Waals surface area contributed by atoms with E-state index in [9.17, 15) is 14.4 Å². The molecule has 0 saturated carbocycles. The Bertz CT molecular complexity index is 582. The van der Waals surface area contributed by atoms with Gasteiger partial charge in [0.2, 0.25) is 5.91 Å². The molecule has 1 unspecified atom stereocenters. The number of methoxy groups -OCH3 is 1. The van der Waals surface area contributed by atoms with Crippen LogP contribution in [0, 0.1) is 5.92 Å². The highest BCUT2D eigenvalue weighted by Gasteiger charge is 2.39. The number of carboxylic acids is 1. The van der Waals surface area contributed by atoms with Crippen LogP contribution in [0.4, 0.5) is 5.82 Å².